The van der Waals surface area contributed by atoms with Gasteiger partial charge in [-0.05, 0) is 36.2 Å². The molecule has 1 aliphatic rings. The Labute approximate surface area is 225 Å². The molecule has 3 aromatic carbocycles. The number of hydrogen-bond acceptors (Lipinski definition) is 6. The molecule has 1 N–H and O–H groups in total. The van der Waals surface area contributed by atoms with E-state index in [9.17, 15) is 5.11 Å². The zero-order valence-corrected chi connectivity index (χ0v) is 22.3. The van der Waals surface area contributed by atoms with Gasteiger partial charge in [0.1, 0.15) is 23.5 Å². The molecule has 1 atom stereocenters. The van der Waals surface area contributed by atoms with Crippen molar-refractivity contribution >= 4 is 44.8 Å². The molecule has 0 saturated carbocycles. The lowest BCUT2D eigenvalue weighted by molar-refractivity contribution is 0.0463. The molecule has 1 unspecified atom stereocenters. The van der Waals surface area contributed by atoms with Crippen LogP contribution in [0.5, 0.6) is 5.75 Å². The van der Waals surface area contributed by atoms with E-state index in [2.05, 4.69) is 21.9 Å². The Morgan fingerprint density at radius 2 is 1.72 bits per heavy atom. The van der Waals surface area contributed by atoms with Gasteiger partial charge in [0.25, 0.3) is 0 Å². The van der Waals surface area contributed by atoms with Gasteiger partial charge in [0, 0.05) is 60.9 Å². The van der Waals surface area contributed by atoms with Crippen molar-refractivity contribution in [3.05, 3.63) is 82.3 Å². The fraction of sp³-hybridized carbons (Fsp3) is 0.321. The van der Waals surface area contributed by atoms with Gasteiger partial charge in [-0.25, -0.2) is 4.98 Å². The number of fused-ring (bicyclic) bond motifs is 1. The number of nitrogens with zero attached hydrogens (tertiary/aromatic N) is 3. The zero-order chi connectivity index (χ0) is 24.9. The molecule has 0 spiro atoms. The minimum absolute atomic E-state index is 0.260. The summed E-state index contributed by atoms with van der Waals surface area (Å²) < 4.78 is 7.04. The van der Waals surface area contributed by atoms with E-state index in [1.807, 2.05) is 48.5 Å². The molecule has 36 heavy (non-hydrogen) atoms. The summed E-state index contributed by atoms with van der Waals surface area (Å²) in [5, 5.41) is 13.0. The van der Waals surface area contributed by atoms with Gasteiger partial charge in [0.05, 0.1) is 10.2 Å². The summed E-state index contributed by atoms with van der Waals surface area (Å²) in [4.78, 5) is 9.51. The number of β-amino-alcohol motifs (C(OH)–C–C–N with tert-alkyl or cyclic N) is 1. The van der Waals surface area contributed by atoms with E-state index in [0.717, 1.165) is 76.3 Å². The molecule has 0 amide bonds. The summed E-state index contributed by atoms with van der Waals surface area (Å²) in [5.74, 6) is 0.733. The van der Waals surface area contributed by atoms with Crippen molar-refractivity contribution in [3.8, 4) is 16.3 Å². The van der Waals surface area contributed by atoms with Crippen molar-refractivity contribution in [1.29, 1.82) is 0 Å². The van der Waals surface area contributed by atoms with Gasteiger partial charge in [-0.15, -0.1) is 11.3 Å². The molecule has 5 nitrogen and oxygen atoms in total. The van der Waals surface area contributed by atoms with Gasteiger partial charge < -0.3 is 14.7 Å². The monoisotopic (exact) mass is 541 g/mol. The van der Waals surface area contributed by atoms with E-state index in [1.165, 1.54) is 0 Å². The molecule has 5 rings (SSSR count). The predicted molar refractivity (Wildman–Crippen MR) is 150 cm³/mol. The minimum atomic E-state index is -0.546. The number of piperazine rings is 1. The maximum atomic E-state index is 10.6. The van der Waals surface area contributed by atoms with Crippen LogP contribution < -0.4 is 4.74 Å². The molecule has 1 saturated heterocycles. The number of aliphatic hydroxyl groups excluding tert-OH is 1. The second-order valence-corrected chi connectivity index (χ2v) is 11.0. The number of benzene rings is 3. The first kappa shape index (κ1) is 25.5. The second kappa shape index (κ2) is 11.9. The van der Waals surface area contributed by atoms with Crippen LogP contribution in [0.4, 0.5) is 0 Å². The van der Waals surface area contributed by atoms with E-state index >= 15 is 0 Å². The SMILES string of the molecule is OC(COc1ccc2sc(-c3ccccc3)nc2c1)CN1CCN(CCc2ccc(Cl)cc2Cl)CC1. The fourth-order valence-electron chi connectivity index (χ4n) is 4.44. The molecule has 0 bridgehead atoms. The molecular weight excluding hydrogens is 513 g/mol. The highest BCUT2D eigenvalue weighted by Gasteiger charge is 2.20. The highest BCUT2D eigenvalue weighted by Crippen LogP contribution is 2.32. The van der Waals surface area contributed by atoms with E-state index in [1.54, 1.807) is 17.4 Å². The van der Waals surface area contributed by atoms with Crippen LogP contribution in [0.1, 0.15) is 5.56 Å². The Kier molecular flexibility index (Phi) is 8.42. The Balaban J connectivity index is 1.06. The largest absolute Gasteiger partial charge is 0.491 e. The molecular formula is C28H29Cl2N3O2S. The van der Waals surface area contributed by atoms with Crippen molar-refractivity contribution in [2.75, 3.05) is 45.9 Å². The normalized spacial score (nSPS) is 15.9. The van der Waals surface area contributed by atoms with Crippen molar-refractivity contribution in [1.82, 2.24) is 14.8 Å². The summed E-state index contributed by atoms with van der Waals surface area (Å²) in [5.41, 5.74) is 3.16. The number of rotatable bonds is 9. The summed E-state index contributed by atoms with van der Waals surface area (Å²) in [6.45, 7) is 5.64. The van der Waals surface area contributed by atoms with E-state index < -0.39 is 6.10 Å². The number of aliphatic hydroxyl groups is 1. The zero-order valence-electron chi connectivity index (χ0n) is 19.9. The van der Waals surface area contributed by atoms with E-state index in [4.69, 9.17) is 32.9 Å². The third-order valence-corrected chi connectivity index (χ3v) is 8.14. The molecule has 0 aliphatic carbocycles. The lowest BCUT2D eigenvalue weighted by Crippen LogP contribution is -2.49. The van der Waals surface area contributed by atoms with Gasteiger partial charge in [0.2, 0.25) is 0 Å². The van der Waals surface area contributed by atoms with Crippen LogP contribution in [-0.2, 0) is 6.42 Å². The minimum Gasteiger partial charge on any atom is -0.491 e. The first-order chi connectivity index (χ1) is 17.5. The lowest BCUT2D eigenvalue weighted by Gasteiger charge is -2.35. The average Bonchev–Trinajstić information content (AvgIpc) is 3.32. The third-order valence-electron chi connectivity index (χ3n) is 6.47. The molecule has 8 heteroatoms. The summed E-state index contributed by atoms with van der Waals surface area (Å²) >= 11 is 14.0. The molecule has 4 aromatic rings. The van der Waals surface area contributed by atoms with Crippen LogP contribution in [0.15, 0.2) is 66.7 Å². The van der Waals surface area contributed by atoms with Gasteiger partial charge in [-0.1, -0.05) is 59.6 Å². The molecule has 1 aromatic heterocycles. The van der Waals surface area contributed by atoms with Crippen LogP contribution in [0, 0.1) is 0 Å². The summed E-state index contributed by atoms with van der Waals surface area (Å²) in [6.07, 6.45) is 0.360. The van der Waals surface area contributed by atoms with Crippen LogP contribution in [-0.4, -0.2) is 71.9 Å². The Morgan fingerprint density at radius 1 is 0.944 bits per heavy atom. The number of aromatic nitrogens is 1. The van der Waals surface area contributed by atoms with Crippen LogP contribution in [0.25, 0.3) is 20.8 Å². The highest BCUT2D eigenvalue weighted by atomic mass is 35.5. The van der Waals surface area contributed by atoms with Gasteiger partial charge in [0.15, 0.2) is 0 Å². The predicted octanol–water partition coefficient (Wildman–Crippen LogP) is 5.87. The van der Waals surface area contributed by atoms with Crippen LogP contribution in [0.3, 0.4) is 0 Å². The number of halogens is 2. The van der Waals surface area contributed by atoms with Crippen molar-refractivity contribution in [3.63, 3.8) is 0 Å². The average molecular weight is 543 g/mol. The van der Waals surface area contributed by atoms with Gasteiger partial charge >= 0.3 is 0 Å². The van der Waals surface area contributed by atoms with E-state index in [-0.39, 0.29) is 6.61 Å². The fourth-order valence-corrected chi connectivity index (χ4v) is 5.90. The second-order valence-electron chi connectivity index (χ2n) is 9.11. The quantitative estimate of drug-likeness (QED) is 0.287. The van der Waals surface area contributed by atoms with Crippen LogP contribution in [0.2, 0.25) is 10.0 Å². The highest BCUT2D eigenvalue weighted by molar-refractivity contribution is 7.21. The molecule has 1 aliphatic heterocycles. The molecule has 188 valence electrons. The Bertz CT molecular complexity index is 1290. The third kappa shape index (κ3) is 6.57. The topological polar surface area (TPSA) is 48.8 Å². The first-order valence-corrected chi connectivity index (χ1v) is 13.8. The molecule has 1 fully saturated rings. The standard InChI is InChI=1S/C28H29Cl2N3O2S/c29-22-7-6-20(25(30)16-22)10-11-32-12-14-33(15-13-32)18-23(34)19-35-24-8-9-27-26(17-24)31-28(36-27)21-4-2-1-3-5-21/h1-9,16-17,23,34H,10-15,18-19H2. The summed E-state index contributed by atoms with van der Waals surface area (Å²) in [6, 6.07) is 21.8. The number of thiazole rings is 1. The van der Waals surface area contributed by atoms with Crippen molar-refractivity contribution in [2.45, 2.75) is 12.5 Å². The number of hydrogen-bond donors (Lipinski definition) is 1. The maximum absolute atomic E-state index is 10.6. The molecule has 2 heterocycles. The van der Waals surface area contributed by atoms with Crippen molar-refractivity contribution in [2.24, 2.45) is 0 Å². The lowest BCUT2D eigenvalue weighted by atomic mass is 10.1. The summed E-state index contributed by atoms with van der Waals surface area (Å²) in [7, 11) is 0. The van der Waals surface area contributed by atoms with E-state index in [0.29, 0.717) is 11.6 Å². The first-order valence-electron chi connectivity index (χ1n) is 12.2. The van der Waals surface area contributed by atoms with Gasteiger partial charge in [-0.2, -0.15) is 0 Å². The van der Waals surface area contributed by atoms with Crippen molar-refractivity contribution < 1.29 is 9.84 Å². The molecule has 0 radical (unpaired) electrons. The number of ether oxygens (including phenoxy) is 1. The van der Waals surface area contributed by atoms with Gasteiger partial charge in [-0.3, -0.25) is 4.90 Å². The smallest absolute Gasteiger partial charge is 0.124 e. The Morgan fingerprint density at radius 3 is 2.50 bits per heavy atom. The Hall–Kier alpha value is -2.19. The van der Waals surface area contributed by atoms with Crippen LogP contribution >= 0.6 is 34.5 Å². The maximum Gasteiger partial charge on any atom is 0.124 e.